The summed E-state index contributed by atoms with van der Waals surface area (Å²) in [5.74, 6) is 1.42. The number of ether oxygens (including phenoxy) is 1. The number of aliphatic imine (C=N–C) groups is 1. The second-order valence-corrected chi connectivity index (χ2v) is 9.38. The van der Waals surface area contributed by atoms with E-state index in [0.29, 0.717) is 24.1 Å². The van der Waals surface area contributed by atoms with Crippen molar-refractivity contribution in [2.24, 2.45) is 4.99 Å². The minimum atomic E-state index is -0.110. The number of hydrogen-bond acceptors (Lipinski definition) is 7. The van der Waals surface area contributed by atoms with Crippen LogP contribution in [0.4, 0.5) is 11.5 Å². The van der Waals surface area contributed by atoms with Gasteiger partial charge >= 0.3 is 0 Å². The first-order valence-corrected chi connectivity index (χ1v) is 12.1. The fourth-order valence-corrected chi connectivity index (χ4v) is 5.39. The Labute approximate surface area is 199 Å². The first kappa shape index (κ1) is 22.7. The maximum absolute atomic E-state index is 12.5. The number of nitrogens with one attached hydrogen (secondary N) is 1. The molecule has 9 nitrogen and oxygen atoms in total. The SMILES string of the molecule is C=Nc1ccc(=O)n2c1N(C(C)=O)[C@H](CN1CCC(NCc3cc4c(cn3)OCCC4)CC1)C2. The Morgan fingerprint density at radius 3 is 2.91 bits per heavy atom. The van der Waals surface area contributed by atoms with Crippen LogP contribution in [-0.2, 0) is 24.3 Å². The minimum Gasteiger partial charge on any atom is -0.492 e. The molecule has 5 heterocycles. The van der Waals surface area contributed by atoms with E-state index in [1.54, 1.807) is 22.5 Å². The van der Waals surface area contributed by atoms with Crippen LogP contribution in [0.25, 0.3) is 0 Å². The van der Waals surface area contributed by atoms with Crippen molar-refractivity contribution in [3.63, 3.8) is 0 Å². The van der Waals surface area contributed by atoms with Crippen LogP contribution >= 0.6 is 0 Å². The molecule has 0 aliphatic carbocycles. The normalized spacial score (nSPS) is 20.5. The summed E-state index contributed by atoms with van der Waals surface area (Å²) in [6.45, 7) is 9.81. The molecule has 0 unspecified atom stereocenters. The lowest BCUT2D eigenvalue weighted by atomic mass is 10.0. The maximum atomic E-state index is 12.5. The van der Waals surface area contributed by atoms with Gasteiger partial charge in [0.25, 0.3) is 5.56 Å². The van der Waals surface area contributed by atoms with Gasteiger partial charge in [-0.3, -0.25) is 29.0 Å². The van der Waals surface area contributed by atoms with Crippen LogP contribution in [0.2, 0.25) is 0 Å². The van der Waals surface area contributed by atoms with E-state index in [-0.39, 0.29) is 17.5 Å². The Bertz CT molecular complexity index is 1140. The molecule has 34 heavy (non-hydrogen) atoms. The van der Waals surface area contributed by atoms with E-state index in [2.05, 4.69) is 33.0 Å². The van der Waals surface area contributed by atoms with Crippen molar-refractivity contribution in [1.29, 1.82) is 0 Å². The Morgan fingerprint density at radius 1 is 1.32 bits per heavy atom. The zero-order chi connectivity index (χ0) is 23.7. The van der Waals surface area contributed by atoms with E-state index < -0.39 is 0 Å². The molecule has 2 aromatic rings. The van der Waals surface area contributed by atoms with Gasteiger partial charge in [0.05, 0.1) is 24.5 Å². The average Bonchev–Trinajstić information content (AvgIpc) is 3.24. The molecule has 0 aromatic carbocycles. The van der Waals surface area contributed by atoms with Crippen molar-refractivity contribution in [1.82, 2.24) is 19.8 Å². The number of hydrogen-bond donors (Lipinski definition) is 1. The number of rotatable bonds is 6. The molecule has 3 aliphatic rings. The Morgan fingerprint density at radius 2 is 2.15 bits per heavy atom. The third-order valence-corrected chi connectivity index (χ3v) is 7.11. The first-order chi connectivity index (χ1) is 16.5. The molecule has 1 fully saturated rings. The summed E-state index contributed by atoms with van der Waals surface area (Å²) in [6, 6.07) is 5.66. The number of fused-ring (bicyclic) bond motifs is 2. The second-order valence-electron chi connectivity index (χ2n) is 9.38. The summed E-state index contributed by atoms with van der Waals surface area (Å²) < 4.78 is 7.32. The van der Waals surface area contributed by atoms with Gasteiger partial charge in [-0.15, -0.1) is 0 Å². The molecule has 180 valence electrons. The van der Waals surface area contributed by atoms with Crippen LogP contribution in [0, 0.1) is 0 Å². The monoisotopic (exact) mass is 464 g/mol. The topological polar surface area (TPSA) is 92.1 Å². The minimum absolute atomic E-state index is 0.0775. The van der Waals surface area contributed by atoms with E-state index in [1.165, 1.54) is 11.6 Å². The number of anilines is 1. The van der Waals surface area contributed by atoms with Crippen LogP contribution in [0.3, 0.4) is 0 Å². The van der Waals surface area contributed by atoms with E-state index in [0.717, 1.165) is 69.9 Å². The number of nitrogens with zero attached hydrogens (tertiary/aromatic N) is 5. The predicted octanol–water partition coefficient (Wildman–Crippen LogP) is 1.89. The molecule has 0 spiro atoms. The lowest BCUT2D eigenvalue weighted by Gasteiger charge is -2.35. The van der Waals surface area contributed by atoms with Crippen molar-refractivity contribution in [3.8, 4) is 5.75 Å². The van der Waals surface area contributed by atoms with E-state index in [1.807, 2.05) is 6.20 Å². The molecule has 1 amide bonds. The molecule has 3 aliphatic heterocycles. The second kappa shape index (κ2) is 9.68. The predicted molar refractivity (Wildman–Crippen MR) is 131 cm³/mol. The number of carbonyl (C=O) groups excluding carboxylic acids is 1. The van der Waals surface area contributed by atoms with Gasteiger partial charge in [0.1, 0.15) is 17.3 Å². The summed E-state index contributed by atoms with van der Waals surface area (Å²) in [6.07, 6.45) is 6.05. The van der Waals surface area contributed by atoms with Crippen molar-refractivity contribution >= 4 is 24.1 Å². The summed E-state index contributed by atoms with van der Waals surface area (Å²) in [5.41, 5.74) is 2.78. The summed E-state index contributed by atoms with van der Waals surface area (Å²) in [5, 5.41) is 3.66. The standard InChI is InChI=1S/C25H32N6O3/c1-17(32)31-21(16-30-24(33)6-5-22(26-2)25(30)31)15-29-9-7-19(8-10-29)27-13-20-12-18-4-3-11-34-23(18)14-28-20/h5-6,12,14,19,21,27H,2-4,7-11,13,15-16H2,1H3/t21-/m1/s1. The molecule has 0 radical (unpaired) electrons. The maximum Gasteiger partial charge on any atom is 0.252 e. The zero-order valence-electron chi connectivity index (χ0n) is 19.7. The molecular formula is C25H32N6O3. The third-order valence-electron chi connectivity index (χ3n) is 7.11. The third kappa shape index (κ3) is 4.50. The summed E-state index contributed by atoms with van der Waals surface area (Å²) >= 11 is 0. The van der Waals surface area contributed by atoms with Crippen LogP contribution < -0.4 is 20.5 Å². The van der Waals surface area contributed by atoms with Gasteiger partial charge < -0.3 is 15.0 Å². The number of aryl methyl sites for hydroxylation is 1. The largest absolute Gasteiger partial charge is 0.492 e. The van der Waals surface area contributed by atoms with Crippen molar-refractivity contribution < 1.29 is 9.53 Å². The Balaban J connectivity index is 1.16. The van der Waals surface area contributed by atoms with Crippen LogP contribution in [0.15, 0.2) is 34.2 Å². The molecular weight excluding hydrogens is 432 g/mol. The van der Waals surface area contributed by atoms with Crippen LogP contribution in [-0.4, -0.2) is 65.4 Å². The van der Waals surface area contributed by atoms with E-state index in [4.69, 9.17) is 4.74 Å². The molecule has 1 atom stereocenters. The average molecular weight is 465 g/mol. The van der Waals surface area contributed by atoms with Gasteiger partial charge in [-0.1, -0.05) is 0 Å². The molecule has 0 saturated carbocycles. The van der Waals surface area contributed by atoms with Crippen molar-refractivity contribution in [2.45, 2.75) is 57.8 Å². The van der Waals surface area contributed by atoms with E-state index >= 15 is 0 Å². The van der Waals surface area contributed by atoms with Gasteiger partial charge in [-0.2, -0.15) is 0 Å². The number of amides is 1. The van der Waals surface area contributed by atoms with E-state index in [9.17, 15) is 9.59 Å². The Kier molecular flexibility index (Phi) is 6.47. The van der Waals surface area contributed by atoms with Gasteiger partial charge in [-0.25, -0.2) is 0 Å². The lowest BCUT2D eigenvalue weighted by molar-refractivity contribution is -0.117. The highest BCUT2D eigenvalue weighted by Crippen LogP contribution is 2.34. The van der Waals surface area contributed by atoms with Gasteiger partial charge in [0, 0.05) is 38.7 Å². The summed E-state index contributed by atoms with van der Waals surface area (Å²) in [7, 11) is 0. The highest BCUT2D eigenvalue weighted by atomic mass is 16.5. The van der Waals surface area contributed by atoms with Crippen molar-refractivity contribution in [3.05, 3.63) is 46.0 Å². The van der Waals surface area contributed by atoms with Gasteiger partial charge in [0.2, 0.25) is 5.91 Å². The molecule has 1 N–H and O–H groups in total. The fourth-order valence-electron chi connectivity index (χ4n) is 5.39. The molecule has 9 heteroatoms. The first-order valence-electron chi connectivity index (χ1n) is 12.1. The number of pyridine rings is 2. The zero-order valence-corrected chi connectivity index (χ0v) is 19.7. The Hall–Kier alpha value is -3.04. The highest BCUT2D eigenvalue weighted by Gasteiger charge is 2.36. The smallest absolute Gasteiger partial charge is 0.252 e. The number of aromatic nitrogens is 2. The molecule has 1 saturated heterocycles. The quantitative estimate of drug-likeness (QED) is 0.657. The molecule has 5 rings (SSSR count). The molecule has 2 aromatic heterocycles. The van der Waals surface area contributed by atoms with Gasteiger partial charge in [-0.05, 0) is 63.2 Å². The highest BCUT2D eigenvalue weighted by molar-refractivity contribution is 5.95. The summed E-state index contributed by atoms with van der Waals surface area (Å²) in [4.78, 5) is 37.6. The number of carbonyl (C=O) groups is 1. The number of piperidine rings is 1. The number of likely N-dealkylation sites (tertiary alicyclic amines) is 1. The van der Waals surface area contributed by atoms with Crippen LogP contribution in [0.1, 0.15) is 37.4 Å². The fraction of sp³-hybridized carbons (Fsp3) is 0.520. The van der Waals surface area contributed by atoms with Crippen LogP contribution in [0.5, 0.6) is 5.75 Å². The van der Waals surface area contributed by atoms with Crippen molar-refractivity contribution in [2.75, 3.05) is 31.1 Å². The van der Waals surface area contributed by atoms with Gasteiger partial charge in [0.15, 0.2) is 0 Å². The molecule has 0 bridgehead atoms. The lowest BCUT2D eigenvalue weighted by Crippen LogP contribution is -2.49.